The predicted molar refractivity (Wildman–Crippen MR) is 183 cm³/mol. The number of carbonyl (C=O) groups is 3. The number of fused-ring (bicyclic) bond motifs is 2. The zero-order chi connectivity index (χ0) is 33.6. The van der Waals surface area contributed by atoms with Gasteiger partial charge in [-0.2, -0.15) is 5.10 Å². The van der Waals surface area contributed by atoms with Gasteiger partial charge in [-0.05, 0) is 54.1 Å². The molecule has 3 aromatic carbocycles. The van der Waals surface area contributed by atoms with E-state index in [9.17, 15) is 14.4 Å². The number of hydrogen-bond acceptors (Lipinski definition) is 7. The van der Waals surface area contributed by atoms with Crippen LogP contribution in [0.2, 0.25) is 0 Å². The number of carboxylic acids is 1. The Balaban J connectivity index is 0.000000301. The molecule has 0 aliphatic rings. The maximum atomic E-state index is 12.8. The Bertz CT molecular complexity index is 2050. The molecule has 240 valence electrons. The van der Waals surface area contributed by atoms with Gasteiger partial charge in [0.05, 0.1) is 37.1 Å². The van der Waals surface area contributed by atoms with Crippen LogP contribution < -0.4 is 20.1 Å². The number of carbonyl (C=O) groups excluding carboxylic acids is 2. The molecule has 47 heavy (non-hydrogen) atoms. The van der Waals surface area contributed by atoms with Crippen LogP contribution in [-0.4, -0.2) is 53.3 Å². The van der Waals surface area contributed by atoms with Crippen LogP contribution in [0.25, 0.3) is 15.6 Å². The molecular formula is C36H34N4O6S. The van der Waals surface area contributed by atoms with Crippen LogP contribution in [-0.2, 0) is 5.41 Å². The van der Waals surface area contributed by atoms with Crippen molar-refractivity contribution in [1.82, 2.24) is 14.9 Å². The Hall–Kier alpha value is -5.68. The van der Waals surface area contributed by atoms with Gasteiger partial charge in [-0.1, -0.05) is 50.2 Å². The summed E-state index contributed by atoms with van der Waals surface area (Å²) in [5, 5.41) is 21.4. The molecule has 0 radical (unpaired) electrons. The number of ether oxygens (including phenoxy) is 2. The molecule has 6 rings (SSSR count). The van der Waals surface area contributed by atoms with Crippen molar-refractivity contribution in [2.24, 2.45) is 0 Å². The number of hydrogen-bond donors (Lipinski definition) is 3. The number of amides is 2. The lowest BCUT2D eigenvalue weighted by Gasteiger charge is -2.26. The lowest BCUT2D eigenvalue weighted by atomic mass is 9.84. The van der Waals surface area contributed by atoms with Gasteiger partial charge in [-0.3, -0.25) is 9.59 Å². The maximum absolute atomic E-state index is 12.8. The van der Waals surface area contributed by atoms with Crippen LogP contribution in [0.1, 0.15) is 50.5 Å². The summed E-state index contributed by atoms with van der Waals surface area (Å²) in [5.41, 5.74) is 3.52. The second-order valence-electron chi connectivity index (χ2n) is 11.2. The lowest BCUT2D eigenvalue weighted by Crippen LogP contribution is -2.36. The second kappa shape index (κ2) is 14.2. The van der Waals surface area contributed by atoms with Crippen molar-refractivity contribution in [2.75, 3.05) is 26.1 Å². The normalized spacial score (nSPS) is 11.0. The number of benzene rings is 3. The van der Waals surface area contributed by atoms with E-state index in [2.05, 4.69) is 29.6 Å². The van der Waals surface area contributed by atoms with E-state index in [1.807, 2.05) is 72.9 Å². The lowest BCUT2D eigenvalue weighted by molar-refractivity contribution is 0.0699. The standard InChI is InChI=1S/C27H28N4O4.C9H6O2S/c1-27(2,17-28-26(33)21-16-29-31-14-6-5-7-22(21)31)19-9-11-20(12-10-19)30-25(32)18-8-13-23(34-3)24(15-18)35-4;10-9(11)7-5-12-8-4-2-1-3-6(7)8/h5-16H,17H2,1-4H3,(H,28,33)(H,30,32);1-5H,(H,10,11). The first-order valence-corrected chi connectivity index (χ1v) is 15.5. The molecule has 0 atom stereocenters. The van der Waals surface area contributed by atoms with Gasteiger partial charge in [-0.15, -0.1) is 11.3 Å². The van der Waals surface area contributed by atoms with Crippen molar-refractivity contribution in [3.05, 3.63) is 125 Å². The number of nitrogens with one attached hydrogen (secondary N) is 2. The van der Waals surface area contributed by atoms with Gasteiger partial charge in [0.1, 0.15) is 0 Å². The second-order valence-corrected chi connectivity index (χ2v) is 12.1. The molecule has 0 aliphatic carbocycles. The van der Waals surface area contributed by atoms with Crippen LogP contribution >= 0.6 is 11.3 Å². The molecule has 11 heteroatoms. The van der Waals surface area contributed by atoms with E-state index in [4.69, 9.17) is 14.6 Å². The van der Waals surface area contributed by atoms with Gasteiger partial charge < -0.3 is 25.2 Å². The van der Waals surface area contributed by atoms with E-state index in [1.54, 1.807) is 41.4 Å². The quantitative estimate of drug-likeness (QED) is 0.155. The third-order valence-electron chi connectivity index (χ3n) is 7.64. The number of methoxy groups -OCH3 is 2. The third-order valence-corrected chi connectivity index (χ3v) is 8.61. The molecule has 3 aromatic heterocycles. The SMILES string of the molecule is COc1ccc(C(=O)Nc2ccc(C(C)(C)CNC(=O)c3cnn4ccccc34)cc2)cc1OC.O=C(O)c1csc2ccccc12. The third kappa shape index (κ3) is 7.42. The van der Waals surface area contributed by atoms with Crippen LogP contribution in [0, 0.1) is 0 Å². The van der Waals surface area contributed by atoms with Gasteiger partial charge in [0.25, 0.3) is 11.8 Å². The highest BCUT2D eigenvalue weighted by Crippen LogP contribution is 2.29. The van der Waals surface area contributed by atoms with Crippen molar-refractivity contribution in [3.8, 4) is 11.5 Å². The molecule has 0 bridgehead atoms. The number of aromatic carboxylic acids is 1. The number of rotatable bonds is 9. The minimum atomic E-state index is -0.854. The summed E-state index contributed by atoms with van der Waals surface area (Å²) in [7, 11) is 3.08. The first-order chi connectivity index (χ1) is 22.6. The number of carboxylic acid groups (broad SMARTS) is 1. The highest BCUT2D eigenvalue weighted by Gasteiger charge is 2.23. The number of pyridine rings is 1. The summed E-state index contributed by atoms with van der Waals surface area (Å²) in [4.78, 5) is 36.1. The molecular weight excluding hydrogens is 616 g/mol. The molecule has 0 fully saturated rings. The number of anilines is 1. The topological polar surface area (TPSA) is 131 Å². The molecule has 2 amide bonds. The zero-order valence-corrected chi connectivity index (χ0v) is 27.1. The van der Waals surface area contributed by atoms with Gasteiger partial charge >= 0.3 is 5.97 Å². The van der Waals surface area contributed by atoms with Crippen molar-refractivity contribution >= 4 is 50.4 Å². The highest BCUT2D eigenvalue weighted by molar-refractivity contribution is 7.17. The molecule has 3 N–H and O–H groups in total. The molecule has 10 nitrogen and oxygen atoms in total. The van der Waals surface area contributed by atoms with Crippen LogP contribution in [0.3, 0.4) is 0 Å². The Morgan fingerprint density at radius 3 is 2.32 bits per heavy atom. The Kier molecular flexibility index (Phi) is 9.86. The van der Waals surface area contributed by atoms with E-state index in [1.165, 1.54) is 18.4 Å². The molecule has 0 aliphatic heterocycles. The summed E-state index contributed by atoms with van der Waals surface area (Å²) in [6.45, 7) is 4.55. The van der Waals surface area contributed by atoms with Crippen LogP contribution in [0.15, 0.2) is 103 Å². The zero-order valence-electron chi connectivity index (χ0n) is 26.3. The van der Waals surface area contributed by atoms with E-state index >= 15 is 0 Å². The van der Waals surface area contributed by atoms with Crippen molar-refractivity contribution in [3.63, 3.8) is 0 Å². The Morgan fingerprint density at radius 1 is 0.872 bits per heavy atom. The summed E-state index contributed by atoms with van der Waals surface area (Å²) in [6.07, 6.45) is 3.38. The van der Waals surface area contributed by atoms with Gasteiger partial charge in [0.15, 0.2) is 11.5 Å². The van der Waals surface area contributed by atoms with E-state index in [0.29, 0.717) is 40.4 Å². The smallest absolute Gasteiger partial charge is 0.337 e. The van der Waals surface area contributed by atoms with E-state index in [0.717, 1.165) is 21.2 Å². The number of nitrogens with zero attached hydrogens (tertiary/aromatic N) is 2. The molecule has 3 heterocycles. The summed E-state index contributed by atoms with van der Waals surface area (Å²) >= 11 is 1.46. The maximum Gasteiger partial charge on any atom is 0.337 e. The summed E-state index contributed by atoms with van der Waals surface area (Å²) in [5.74, 6) is -0.225. The summed E-state index contributed by atoms with van der Waals surface area (Å²) < 4.78 is 13.2. The van der Waals surface area contributed by atoms with Crippen molar-refractivity contribution < 1.29 is 29.0 Å². The van der Waals surface area contributed by atoms with Crippen molar-refractivity contribution in [1.29, 1.82) is 0 Å². The van der Waals surface area contributed by atoms with Crippen LogP contribution in [0.5, 0.6) is 11.5 Å². The molecule has 0 saturated carbocycles. The fourth-order valence-electron chi connectivity index (χ4n) is 4.94. The van der Waals surface area contributed by atoms with Gasteiger partial charge in [0.2, 0.25) is 0 Å². The first-order valence-electron chi connectivity index (χ1n) is 14.7. The molecule has 0 spiro atoms. The largest absolute Gasteiger partial charge is 0.493 e. The fourth-order valence-corrected chi connectivity index (χ4v) is 5.87. The van der Waals surface area contributed by atoms with Crippen molar-refractivity contribution in [2.45, 2.75) is 19.3 Å². The number of aromatic nitrogens is 2. The summed E-state index contributed by atoms with van der Waals surface area (Å²) in [6, 6.07) is 25.7. The van der Waals surface area contributed by atoms with E-state index in [-0.39, 0.29) is 17.2 Å². The number of thiophene rings is 1. The molecule has 0 unspecified atom stereocenters. The average molecular weight is 651 g/mol. The monoisotopic (exact) mass is 650 g/mol. The molecule has 0 saturated heterocycles. The van der Waals surface area contributed by atoms with Crippen LogP contribution in [0.4, 0.5) is 5.69 Å². The molecule has 6 aromatic rings. The Morgan fingerprint density at radius 2 is 1.60 bits per heavy atom. The minimum Gasteiger partial charge on any atom is -0.493 e. The van der Waals surface area contributed by atoms with Gasteiger partial charge in [0, 0.05) is 44.9 Å². The highest BCUT2D eigenvalue weighted by atomic mass is 32.1. The Labute approximate surface area is 275 Å². The average Bonchev–Trinajstić information content (AvgIpc) is 3.72. The predicted octanol–water partition coefficient (Wildman–Crippen LogP) is 6.91. The first kappa shape index (κ1) is 32.7. The van der Waals surface area contributed by atoms with Gasteiger partial charge in [-0.25, -0.2) is 9.31 Å². The minimum absolute atomic E-state index is 0.168. The van der Waals surface area contributed by atoms with E-state index < -0.39 is 5.97 Å². The fraction of sp³-hybridized carbons (Fsp3) is 0.167.